The summed E-state index contributed by atoms with van der Waals surface area (Å²) in [5.41, 5.74) is 0.226. The number of methoxy groups -OCH3 is 1. The molecule has 0 radical (unpaired) electrons. The van der Waals surface area contributed by atoms with Crippen molar-refractivity contribution in [2.45, 2.75) is 25.6 Å². The van der Waals surface area contributed by atoms with Crippen LogP contribution in [0.1, 0.15) is 18.1 Å². The quantitative estimate of drug-likeness (QED) is 0.655. The monoisotopic (exact) mass is 479 g/mol. The van der Waals surface area contributed by atoms with E-state index in [1.807, 2.05) is 0 Å². The Balaban J connectivity index is 1.86. The average Bonchev–Trinajstić information content (AvgIpc) is 2.75. The van der Waals surface area contributed by atoms with E-state index in [1.165, 1.54) is 4.90 Å². The number of sulfonamides is 1. The first-order valence-electron chi connectivity index (χ1n) is 9.94. The predicted octanol–water partition coefficient (Wildman–Crippen LogP) is 2.03. The van der Waals surface area contributed by atoms with Crippen LogP contribution in [-0.4, -0.2) is 61.4 Å². The fourth-order valence-corrected chi connectivity index (χ4v) is 4.53. The van der Waals surface area contributed by atoms with Crippen molar-refractivity contribution in [1.82, 2.24) is 14.5 Å². The summed E-state index contributed by atoms with van der Waals surface area (Å²) in [4.78, 5) is 27.8. The summed E-state index contributed by atoms with van der Waals surface area (Å²) in [5, 5.41) is 3.42. The lowest BCUT2D eigenvalue weighted by Crippen LogP contribution is -2.69. The number of amides is 2. The highest BCUT2D eigenvalue weighted by atomic mass is 35.5. The fraction of sp³-hybridized carbons (Fsp3) is 0.364. The summed E-state index contributed by atoms with van der Waals surface area (Å²) in [5.74, 6) is -0.213. The van der Waals surface area contributed by atoms with Crippen molar-refractivity contribution in [1.29, 1.82) is 0 Å². The van der Waals surface area contributed by atoms with E-state index in [2.05, 4.69) is 5.32 Å². The number of nitrogens with zero attached hydrogens (tertiary/aromatic N) is 2. The van der Waals surface area contributed by atoms with Gasteiger partial charge < -0.3 is 15.0 Å². The van der Waals surface area contributed by atoms with Crippen molar-refractivity contribution in [3.63, 3.8) is 0 Å². The van der Waals surface area contributed by atoms with E-state index in [9.17, 15) is 18.0 Å². The van der Waals surface area contributed by atoms with Crippen LogP contribution in [0.15, 0.2) is 48.5 Å². The second-order valence-corrected chi connectivity index (χ2v) is 10.4. The number of hydrogen-bond acceptors (Lipinski definition) is 5. The Hall–Kier alpha value is -2.62. The van der Waals surface area contributed by atoms with Crippen molar-refractivity contribution in [3.8, 4) is 5.75 Å². The number of carbonyl (C=O) groups is 2. The van der Waals surface area contributed by atoms with Gasteiger partial charge in [0.1, 0.15) is 11.3 Å². The molecule has 1 fully saturated rings. The molecule has 2 aromatic rings. The number of piperazine rings is 1. The molecule has 1 N–H and O–H groups in total. The average molecular weight is 480 g/mol. The molecule has 2 amide bonds. The van der Waals surface area contributed by atoms with Crippen molar-refractivity contribution >= 4 is 33.4 Å². The molecule has 10 heteroatoms. The lowest BCUT2D eigenvalue weighted by Gasteiger charge is -2.46. The highest BCUT2D eigenvalue weighted by molar-refractivity contribution is 7.88. The molecule has 1 atom stereocenters. The van der Waals surface area contributed by atoms with Crippen LogP contribution in [0.3, 0.4) is 0 Å². The van der Waals surface area contributed by atoms with Crippen molar-refractivity contribution in [2.75, 3.05) is 26.5 Å². The Morgan fingerprint density at radius 2 is 1.72 bits per heavy atom. The second kappa shape index (κ2) is 9.48. The summed E-state index contributed by atoms with van der Waals surface area (Å²) in [6, 6.07) is 14.2. The zero-order valence-corrected chi connectivity index (χ0v) is 19.7. The van der Waals surface area contributed by atoms with Gasteiger partial charge in [-0.15, -0.1) is 0 Å². The molecule has 0 aromatic heterocycles. The van der Waals surface area contributed by atoms with Gasteiger partial charge in [0, 0.05) is 24.7 Å². The van der Waals surface area contributed by atoms with E-state index < -0.39 is 27.4 Å². The van der Waals surface area contributed by atoms with Gasteiger partial charge in [-0.3, -0.25) is 9.59 Å². The number of nitrogens with one attached hydrogen (secondary N) is 1. The number of rotatable bonds is 7. The van der Waals surface area contributed by atoms with Crippen LogP contribution >= 0.6 is 11.6 Å². The fourth-order valence-electron chi connectivity index (χ4n) is 3.58. The van der Waals surface area contributed by atoms with Crippen molar-refractivity contribution < 1.29 is 22.7 Å². The zero-order chi connectivity index (χ0) is 23.5. The van der Waals surface area contributed by atoms with Gasteiger partial charge in [-0.1, -0.05) is 35.9 Å². The maximum absolute atomic E-state index is 13.3. The third kappa shape index (κ3) is 5.40. The Morgan fingerprint density at radius 3 is 2.28 bits per heavy atom. The minimum atomic E-state index is -3.67. The Morgan fingerprint density at radius 1 is 1.12 bits per heavy atom. The van der Waals surface area contributed by atoms with Gasteiger partial charge in [0.05, 0.1) is 19.9 Å². The minimum Gasteiger partial charge on any atom is -0.497 e. The molecule has 1 aliphatic rings. The highest BCUT2D eigenvalue weighted by Gasteiger charge is 2.49. The van der Waals surface area contributed by atoms with Crippen LogP contribution in [0.25, 0.3) is 0 Å². The van der Waals surface area contributed by atoms with E-state index in [0.717, 1.165) is 21.7 Å². The Kier molecular flexibility index (Phi) is 7.12. The molecule has 0 spiro atoms. The molecule has 1 aliphatic heterocycles. The summed E-state index contributed by atoms with van der Waals surface area (Å²) >= 11 is 5.91. The van der Waals surface area contributed by atoms with Gasteiger partial charge in [0.25, 0.3) is 0 Å². The van der Waals surface area contributed by atoms with Gasteiger partial charge in [0.2, 0.25) is 21.8 Å². The minimum absolute atomic E-state index is 0.139. The maximum atomic E-state index is 13.3. The smallest absolute Gasteiger partial charge is 0.247 e. The van der Waals surface area contributed by atoms with E-state index >= 15 is 0 Å². The largest absolute Gasteiger partial charge is 0.497 e. The van der Waals surface area contributed by atoms with Crippen LogP contribution in [-0.2, 0) is 32.7 Å². The van der Waals surface area contributed by atoms with Crippen LogP contribution in [0.4, 0.5) is 0 Å². The molecule has 0 saturated carbocycles. The second-order valence-electron chi connectivity index (χ2n) is 7.94. The molecule has 3 rings (SSSR count). The van der Waals surface area contributed by atoms with Crippen LogP contribution in [0.5, 0.6) is 5.75 Å². The third-order valence-corrected chi connectivity index (χ3v) is 6.97. The maximum Gasteiger partial charge on any atom is 0.247 e. The number of hydrogen-bond donors (Lipinski definition) is 1. The first-order chi connectivity index (χ1) is 15.0. The van der Waals surface area contributed by atoms with Crippen LogP contribution in [0.2, 0.25) is 5.02 Å². The number of benzene rings is 2. The third-order valence-electron chi connectivity index (χ3n) is 5.52. The number of halogens is 1. The first kappa shape index (κ1) is 24.0. The van der Waals surface area contributed by atoms with Crippen molar-refractivity contribution in [2.24, 2.45) is 0 Å². The molecular formula is C22H26ClN3O5S. The van der Waals surface area contributed by atoms with E-state index in [0.29, 0.717) is 10.8 Å². The molecular weight excluding hydrogens is 454 g/mol. The Bertz CT molecular complexity index is 1090. The molecule has 32 heavy (non-hydrogen) atoms. The van der Waals surface area contributed by atoms with Gasteiger partial charge in [0.15, 0.2) is 0 Å². The molecule has 1 saturated heterocycles. The van der Waals surface area contributed by atoms with Gasteiger partial charge in [-0.25, -0.2) is 8.42 Å². The standard InChI is InChI=1S/C22H26ClN3O5S/c1-22(21(28)24-12-16-4-8-18(23)9-5-16)15-25(32(3,29)30)14-20(27)26(22)13-17-6-10-19(31-2)11-7-17/h4-11H,12-15H2,1-3H3,(H,24,28)/t22-/m0/s1. The van der Waals surface area contributed by atoms with E-state index in [4.69, 9.17) is 16.3 Å². The summed E-state index contributed by atoms with van der Waals surface area (Å²) in [6.45, 7) is 1.51. The molecule has 8 nitrogen and oxygen atoms in total. The summed E-state index contributed by atoms with van der Waals surface area (Å²) in [7, 11) is -2.11. The molecule has 1 heterocycles. The van der Waals surface area contributed by atoms with Gasteiger partial charge >= 0.3 is 0 Å². The normalized spacial score (nSPS) is 19.6. The molecule has 2 aromatic carbocycles. The van der Waals surface area contributed by atoms with Crippen LogP contribution in [0, 0.1) is 0 Å². The van der Waals surface area contributed by atoms with Gasteiger partial charge in [-0.2, -0.15) is 4.31 Å². The van der Waals surface area contributed by atoms with Crippen molar-refractivity contribution in [3.05, 3.63) is 64.7 Å². The lowest BCUT2D eigenvalue weighted by molar-refractivity contribution is -0.153. The van der Waals surface area contributed by atoms with Crippen LogP contribution < -0.4 is 10.1 Å². The molecule has 0 aliphatic carbocycles. The number of carbonyl (C=O) groups excluding carboxylic acids is 2. The molecule has 172 valence electrons. The van der Waals surface area contributed by atoms with E-state index in [1.54, 1.807) is 62.6 Å². The van der Waals surface area contributed by atoms with E-state index in [-0.39, 0.29) is 26.2 Å². The molecule has 0 unspecified atom stereocenters. The highest BCUT2D eigenvalue weighted by Crippen LogP contribution is 2.27. The van der Waals surface area contributed by atoms with Gasteiger partial charge in [-0.05, 0) is 42.3 Å². The number of ether oxygens (including phenoxy) is 1. The predicted molar refractivity (Wildman–Crippen MR) is 122 cm³/mol. The first-order valence-corrected chi connectivity index (χ1v) is 12.2. The Labute approximate surface area is 193 Å². The topological polar surface area (TPSA) is 96.0 Å². The zero-order valence-electron chi connectivity index (χ0n) is 18.2. The lowest BCUT2D eigenvalue weighted by atomic mass is 9.94. The summed E-state index contributed by atoms with van der Waals surface area (Å²) in [6.07, 6.45) is 1.03. The SMILES string of the molecule is COc1ccc(CN2C(=O)CN(S(C)(=O)=O)C[C@@]2(C)C(=O)NCc2ccc(Cl)cc2)cc1. The summed E-state index contributed by atoms with van der Waals surface area (Å²) < 4.78 is 30.6. The molecule has 0 bridgehead atoms.